The number of carboxylic acid groups (broad SMARTS) is 1. The molecule has 0 saturated carbocycles. The first kappa shape index (κ1) is 16.2. The summed E-state index contributed by atoms with van der Waals surface area (Å²) in [5.74, 6) is -0.690. The van der Waals surface area contributed by atoms with Crippen LogP contribution >= 0.6 is 0 Å². The van der Waals surface area contributed by atoms with Gasteiger partial charge in [0.15, 0.2) is 5.69 Å². The molecule has 0 radical (unpaired) electrons. The van der Waals surface area contributed by atoms with Crippen LogP contribution in [0.2, 0.25) is 0 Å². The van der Waals surface area contributed by atoms with Gasteiger partial charge < -0.3 is 10.0 Å². The van der Waals surface area contributed by atoms with E-state index in [9.17, 15) is 9.59 Å². The van der Waals surface area contributed by atoms with Gasteiger partial charge in [-0.25, -0.2) is 0 Å². The van der Waals surface area contributed by atoms with Crippen LogP contribution in [0, 0.1) is 5.92 Å². The van der Waals surface area contributed by atoms with Gasteiger partial charge in [0.25, 0.3) is 5.91 Å². The Labute approximate surface area is 139 Å². The van der Waals surface area contributed by atoms with Crippen molar-refractivity contribution < 1.29 is 14.7 Å². The van der Waals surface area contributed by atoms with E-state index >= 15 is 0 Å². The normalized spacial score (nSPS) is 17.7. The zero-order valence-electron chi connectivity index (χ0n) is 13.3. The predicted molar refractivity (Wildman–Crippen MR) is 86.9 cm³/mol. The molecule has 3 rings (SSSR count). The number of carboxylic acids is 1. The van der Waals surface area contributed by atoms with Crippen molar-refractivity contribution >= 4 is 11.9 Å². The van der Waals surface area contributed by atoms with Crippen molar-refractivity contribution in [1.29, 1.82) is 0 Å². The molecule has 1 aliphatic rings. The van der Waals surface area contributed by atoms with E-state index in [1.165, 1.54) is 11.0 Å². The minimum Gasteiger partial charge on any atom is -0.481 e. The average Bonchev–Trinajstić information content (AvgIpc) is 3.10. The summed E-state index contributed by atoms with van der Waals surface area (Å²) in [6, 6.07) is 9.42. The Kier molecular flexibility index (Phi) is 4.88. The minimum absolute atomic E-state index is 0.141. The lowest BCUT2D eigenvalue weighted by atomic mass is 9.93. The molecule has 24 heavy (non-hydrogen) atoms. The molecule has 1 aliphatic heterocycles. The van der Waals surface area contributed by atoms with Crippen LogP contribution in [-0.2, 0) is 4.79 Å². The SMILES string of the molecule is O=C(O)CCC1CCCN(C(=O)c2cnn(-c3ccccc3)n2)C1. The molecule has 1 N–H and O–H groups in total. The van der Waals surface area contributed by atoms with Crippen molar-refractivity contribution in [2.75, 3.05) is 13.1 Å². The van der Waals surface area contributed by atoms with Crippen LogP contribution in [0.15, 0.2) is 36.5 Å². The quantitative estimate of drug-likeness (QED) is 0.906. The average molecular weight is 328 g/mol. The lowest BCUT2D eigenvalue weighted by Crippen LogP contribution is -2.40. The molecule has 1 aromatic carbocycles. The molecule has 1 aromatic heterocycles. The van der Waals surface area contributed by atoms with Gasteiger partial charge in [0.05, 0.1) is 11.9 Å². The molecular formula is C17H20N4O3. The number of aliphatic carboxylic acids is 1. The number of benzene rings is 1. The minimum atomic E-state index is -0.788. The van der Waals surface area contributed by atoms with Gasteiger partial charge in [-0.1, -0.05) is 18.2 Å². The molecule has 1 fully saturated rings. The Bertz CT molecular complexity index is 714. The van der Waals surface area contributed by atoms with Crippen LogP contribution in [0.1, 0.15) is 36.2 Å². The number of hydrogen-bond acceptors (Lipinski definition) is 4. The highest BCUT2D eigenvalue weighted by atomic mass is 16.4. The van der Waals surface area contributed by atoms with Gasteiger partial charge in [-0.3, -0.25) is 9.59 Å². The fraction of sp³-hybridized carbons (Fsp3) is 0.412. The van der Waals surface area contributed by atoms with Gasteiger partial charge in [-0.05, 0) is 37.3 Å². The summed E-state index contributed by atoms with van der Waals surface area (Å²) in [6.07, 6.45) is 4.10. The molecule has 0 bridgehead atoms. The van der Waals surface area contributed by atoms with E-state index in [1.807, 2.05) is 30.3 Å². The second kappa shape index (κ2) is 7.25. The zero-order chi connectivity index (χ0) is 16.9. The van der Waals surface area contributed by atoms with Gasteiger partial charge in [-0.15, -0.1) is 5.10 Å². The third-order valence-electron chi connectivity index (χ3n) is 4.27. The number of carbonyl (C=O) groups excluding carboxylic acids is 1. The van der Waals surface area contributed by atoms with Gasteiger partial charge >= 0.3 is 5.97 Å². The van der Waals surface area contributed by atoms with E-state index in [1.54, 1.807) is 4.90 Å². The highest BCUT2D eigenvalue weighted by molar-refractivity contribution is 5.92. The van der Waals surface area contributed by atoms with Crippen molar-refractivity contribution in [3.8, 4) is 5.69 Å². The Morgan fingerprint density at radius 3 is 2.79 bits per heavy atom. The maximum Gasteiger partial charge on any atom is 0.303 e. The second-order valence-electron chi connectivity index (χ2n) is 6.05. The smallest absolute Gasteiger partial charge is 0.303 e. The molecular weight excluding hydrogens is 308 g/mol. The summed E-state index contributed by atoms with van der Waals surface area (Å²) in [6.45, 7) is 1.27. The molecule has 126 valence electrons. The van der Waals surface area contributed by atoms with Gasteiger partial charge in [-0.2, -0.15) is 9.90 Å². The maximum absolute atomic E-state index is 12.6. The second-order valence-corrected chi connectivity index (χ2v) is 6.05. The molecule has 7 heteroatoms. The van der Waals surface area contributed by atoms with Crippen LogP contribution in [0.5, 0.6) is 0 Å². The van der Waals surface area contributed by atoms with E-state index in [4.69, 9.17) is 5.11 Å². The highest BCUT2D eigenvalue weighted by Gasteiger charge is 2.26. The standard InChI is InChI=1S/C17H20N4O3/c22-16(23)9-8-13-5-4-10-20(12-13)17(24)15-11-18-21(19-15)14-6-2-1-3-7-14/h1-3,6-7,11,13H,4-5,8-10,12H2,(H,22,23). The summed E-state index contributed by atoms with van der Waals surface area (Å²) in [5.41, 5.74) is 1.12. The number of likely N-dealkylation sites (tertiary alicyclic amines) is 1. The molecule has 0 spiro atoms. The van der Waals surface area contributed by atoms with Gasteiger partial charge in [0, 0.05) is 19.5 Å². The lowest BCUT2D eigenvalue weighted by molar-refractivity contribution is -0.137. The van der Waals surface area contributed by atoms with E-state index in [-0.39, 0.29) is 18.2 Å². The first-order chi connectivity index (χ1) is 11.6. The van der Waals surface area contributed by atoms with Crippen molar-refractivity contribution in [3.05, 3.63) is 42.2 Å². The van der Waals surface area contributed by atoms with E-state index < -0.39 is 5.97 Å². The van der Waals surface area contributed by atoms with Crippen LogP contribution < -0.4 is 0 Å². The number of amides is 1. The Hall–Kier alpha value is -2.70. The van der Waals surface area contributed by atoms with Crippen LogP contribution in [0.4, 0.5) is 0 Å². The van der Waals surface area contributed by atoms with Crippen LogP contribution in [0.25, 0.3) is 5.69 Å². The Morgan fingerprint density at radius 2 is 2.04 bits per heavy atom. The van der Waals surface area contributed by atoms with E-state index in [0.717, 1.165) is 18.5 Å². The summed E-state index contributed by atoms with van der Waals surface area (Å²) in [5, 5.41) is 17.2. The highest BCUT2D eigenvalue weighted by Crippen LogP contribution is 2.22. The summed E-state index contributed by atoms with van der Waals surface area (Å²) >= 11 is 0. The molecule has 7 nitrogen and oxygen atoms in total. The molecule has 2 aromatic rings. The monoisotopic (exact) mass is 328 g/mol. The van der Waals surface area contributed by atoms with Gasteiger partial charge in [0.2, 0.25) is 0 Å². The number of para-hydroxylation sites is 1. The lowest BCUT2D eigenvalue weighted by Gasteiger charge is -2.32. The first-order valence-electron chi connectivity index (χ1n) is 8.12. The first-order valence-corrected chi connectivity index (χ1v) is 8.12. The topological polar surface area (TPSA) is 88.3 Å². The fourth-order valence-electron chi connectivity index (χ4n) is 3.02. The molecule has 1 saturated heterocycles. The largest absolute Gasteiger partial charge is 0.481 e. The van der Waals surface area contributed by atoms with Crippen LogP contribution in [-0.4, -0.2) is 50.0 Å². The molecule has 1 atom stereocenters. The molecule has 1 unspecified atom stereocenters. The van der Waals surface area contributed by atoms with Crippen molar-refractivity contribution in [3.63, 3.8) is 0 Å². The third-order valence-corrected chi connectivity index (χ3v) is 4.27. The maximum atomic E-state index is 12.6. The van der Waals surface area contributed by atoms with Crippen molar-refractivity contribution in [2.24, 2.45) is 5.92 Å². The van der Waals surface area contributed by atoms with Crippen LogP contribution in [0.3, 0.4) is 0 Å². The molecule has 1 amide bonds. The summed E-state index contributed by atoms with van der Waals surface area (Å²) < 4.78 is 0. The Balaban J connectivity index is 1.66. The number of aromatic nitrogens is 3. The number of rotatable bonds is 5. The summed E-state index contributed by atoms with van der Waals surface area (Å²) in [4.78, 5) is 26.5. The zero-order valence-corrected chi connectivity index (χ0v) is 13.3. The number of nitrogens with zero attached hydrogens (tertiary/aromatic N) is 4. The molecule has 2 heterocycles. The number of hydrogen-bond donors (Lipinski definition) is 1. The van der Waals surface area contributed by atoms with Crippen molar-refractivity contribution in [2.45, 2.75) is 25.7 Å². The van der Waals surface area contributed by atoms with Gasteiger partial charge in [0.1, 0.15) is 0 Å². The number of carbonyl (C=O) groups is 2. The van der Waals surface area contributed by atoms with E-state index in [2.05, 4.69) is 10.2 Å². The van der Waals surface area contributed by atoms with E-state index in [0.29, 0.717) is 25.2 Å². The number of piperidine rings is 1. The Morgan fingerprint density at radius 1 is 1.25 bits per heavy atom. The summed E-state index contributed by atoms with van der Waals surface area (Å²) in [7, 11) is 0. The van der Waals surface area contributed by atoms with Crippen molar-refractivity contribution in [1.82, 2.24) is 19.9 Å². The predicted octanol–water partition coefficient (Wildman–Crippen LogP) is 1.98. The molecule has 0 aliphatic carbocycles. The third kappa shape index (κ3) is 3.79. The fourth-order valence-corrected chi connectivity index (χ4v) is 3.02.